The van der Waals surface area contributed by atoms with Crippen molar-refractivity contribution in [1.29, 1.82) is 5.26 Å². The molecule has 0 unspecified atom stereocenters. The number of nitriles is 1. The molecule has 1 aromatic heterocycles. The van der Waals surface area contributed by atoms with Gasteiger partial charge in [-0.25, -0.2) is 0 Å². The number of amides is 1. The van der Waals surface area contributed by atoms with Gasteiger partial charge in [0.1, 0.15) is 0 Å². The standard InChI is InChI=1S/C12H8N4O/c13-8-9-3-1-4-10(7-9)12(17)15-11-5-2-6-14-16-11/h1-7H,(H,15,16,17). The highest BCUT2D eigenvalue weighted by atomic mass is 16.1. The Morgan fingerprint density at radius 3 is 2.88 bits per heavy atom. The lowest BCUT2D eigenvalue weighted by Gasteiger charge is -2.03. The molecule has 2 rings (SSSR count). The zero-order chi connectivity index (χ0) is 12.1. The van der Waals surface area contributed by atoms with Gasteiger partial charge in [0, 0.05) is 11.8 Å². The summed E-state index contributed by atoms with van der Waals surface area (Å²) in [6.45, 7) is 0. The number of nitrogens with one attached hydrogen (secondary N) is 1. The number of aromatic nitrogens is 2. The van der Waals surface area contributed by atoms with Crippen LogP contribution in [0, 0.1) is 11.3 Å². The quantitative estimate of drug-likeness (QED) is 0.840. The number of nitrogens with zero attached hydrogens (tertiary/aromatic N) is 3. The van der Waals surface area contributed by atoms with Crippen molar-refractivity contribution in [3.05, 3.63) is 53.7 Å². The van der Waals surface area contributed by atoms with Crippen LogP contribution in [0.1, 0.15) is 15.9 Å². The largest absolute Gasteiger partial charge is 0.305 e. The first-order chi connectivity index (χ1) is 8.29. The monoisotopic (exact) mass is 224 g/mol. The van der Waals surface area contributed by atoms with Crippen LogP contribution in [0.4, 0.5) is 5.82 Å². The fourth-order valence-corrected chi connectivity index (χ4v) is 1.29. The number of benzene rings is 1. The smallest absolute Gasteiger partial charge is 0.256 e. The number of rotatable bonds is 2. The Hall–Kier alpha value is -2.74. The van der Waals surface area contributed by atoms with Gasteiger partial charge in [-0.2, -0.15) is 10.4 Å². The first kappa shape index (κ1) is 10.8. The molecule has 1 amide bonds. The van der Waals surface area contributed by atoms with E-state index in [1.165, 1.54) is 12.3 Å². The molecular weight excluding hydrogens is 216 g/mol. The summed E-state index contributed by atoms with van der Waals surface area (Å²) in [5.41, 5.74) is 0.853. The summed E-state index contributed by atoms with van der Waals surface area (Å²) in [6, 6.07) is 11.7. The van der Waals surface area contributed by atoms with Crippen molar-refractivity contribution < 1.29 is 4.79 Å². The molecular formula is C12H8N4O. The summed E-state index contributed by atoms with van der Waals surface area (Å²) in [7, 11) is 0. The minimum atomic E-state index is -0.317. The summed E-state index contributed by atoms with van der Waals surface area (Å²) in [5.74, 6) is 0.0578. The highest BCUT2D eigenvalue weighted by molar-refractivity contribution is 6.03. The minimum Gasteiger partial charge on any atom is -0.305 e. The van der Waals surface area contributed by atoms with Gasteiger partial charge >= 0.3 is 0 Å². The van der Waals surface area contributed by atoms with Gasteiger partial charge in [-0.3, -0.25) is 4.79 Å². The molecule has 1 aromatic carbocycles. The lowest BCUT2D eigenvalue weighted by Crippen LogP contribution is -2.13. The maximum Gasteiger partial charge on any atom is 0.256 e. The molecule has 0 radical (unpaired) electrons. The van der Waals surface area contributed by atoms with E-state index in [0.29, 0.717) is 16.9 Å². The molecule has 5 heteroatoms. The molecule has 0 bridgehead atoms. The average molecular weight is 224 g/mol. The lowest BCUT2D eigenvalue weighted by molar-refractivity contribution is 0.102. The van der Waals surface area contributed by atoms with E-state index in [-0.39, 0.29) is 5.91 Å². The fourth-order valence-electron chi connectivity index (χ4n) is 1.29. The topological polar surface area (TPSA) is 78.7 Å². The Morgan fingerprint density at radius 2 is 2.18 bits per heavy atom. The van der Waals surface area contributed by atoms with E-state index in [2.05, 4.69) is 15.5 Å². The summed E-state index contributed by atoms with van der Waals surface area (Å²) in [6.07, 6.45) is 1.52. The number of anilines is 1. The van der Waals surface area contributed by atoms with Gasteiger partial charge in [0.05, 0.1) is 11.6 Å². The molecule has 2 aromatic rings. The molecule has 0 atom stereocenters. The van der Waals surface area contributed by atoms with E-state index < -0.39 is 0 Å². The zero-order valence-electron chi connectivity index (χ0n) is 8.79. The molecule has 5 nitrogen and oxygen atoms in total. The summed E-state index contributed by atoms with van der Waals surface area (Å²) >= 11 is 0. The van der Waals surface area contributed by atoms with Crippen LogP contribution in [0.15, 0.2) is 42.6 Å². The van der Waals surface area contributed by atoms with Gasteiger partial charge in [-0.1, -0.05) is 6.07 Å². The predicted octanol–water partition coefficient (Wildman–Crippen LogP) is 1.60. The third kappa shape index (κ3) is 2.63. The normalized spacial score (nSPS) is 9.35. The van der Waals surface area contributed by atoms with E-state index in [9.17, 15) is 4.79 Å². The van der Waals surface area contributed by atoms with Gasteiger partial charge in [0.25, 0.3) is 5.91 Å². The highest BCUT2D eigenvalue weighted by Crippen LogP contribution is 2.07. The van der Waals surface area contributed by atoms with Crippen molar-refractivity contribution in [2.24, 2.45) is 0 Å². The first-order valence-electron chi connectivity index (χ1n) is 4.89. The second kappa shape index (κ2) is 4.86. The average Bonchev–Trinajstić information content (AvgIpc) is 2.40. The van der Waals surface area contributed by atoms with E-state index >= 15 is 0 Å². The predicted molar refractivity (Wildman–Crippen MR) is 61.1 cm³/mol. The maximum absolute atomic E-state index is 11.8. The Balaban J connectivity index is 2.18. The molecule has 0 fully saturated rings. The van der Waals surface area contributed by atoms with E-state index in [0.717, 1.165) is 0 Å². The SMILES string of the molecule is N#Cc1cccc(C(=O)Nc2cccnn2)c1. The van der Waals surface area contributed by atoms with Crippen molar-refractivity contribution in [3.63, 3.8) is 0 Å². The summed E-state index contributed by atoms with van der Waals surface area (Å²) in [4.78, 5) is 11.8. The van der Waals surface area contributed by atoms with Crippen LogP contribution in [0.2, 0.25) is 0 Å². The summed E-state index contributed by atoms with van der Waals surface area (Å²) < 4.78 is 0. The van der Waals surface area contributed by atoms with Crippen molar-refractivity contribution in [1.82, 2.24) is 10.2 Å². The molecule has 82 valence electrons. The van der Waals surface area contributed by atoms with E-state index in [1.807, 2.05) is 6.07 Å². The Bertz CT molecular complexity index is 575. The number of hydrogen-bond acceptors (Lipinski definition) is 4. The van der Waals surface area contributed by atoms with Crippen LogP contribution >= 0.6 is 0 Å². The molecule has 0 saturated heterocycles. The first-order valence-corrected chi connectivity index (χ1v) is 4.89. The zero-order valence-corrected chi connectivity index (χ0v) is 8.79. The number of carbonyl (C=O) groups is 1. The van der Waals surface area contributed by atoms with Crippen LogP contribution in [0.25, 0.3) is 0 Å². The van der Waals surface area contributed by atoms with Gasteiger partial charge < -0.3 is 5.32 Å². The Morgan fingerprint density at radius 1 is 1.29 bits per heavy atom. The van der Waals surface area contributed by atoms with Crippen LogP contribution in [0.5, 0.6) is 0 Å². The van der Waals surface area contributed by atoms with Gasteiger partial charge in [-0.15, -0.1) is 5.10 Å². The van der Waals surface area contributed by atoms with Gasteiger partial charge in [0.15, 0.2) is 5.82 Å². The maximum atomic E-state index is 11.8. The third-order valence-corrected chi connectivity index (χ3v) is 2.07. The second-order valence-corrected chi connectivity index (χ2v) is 3.26. The van der Waals surface area contributed by atoms with Crippen LogP contribution in [0.3, 0.4) is 0 Å². The van der Waals surface area contributed by atoms with E-state index in [1.54, 1.807) is 30.3 Å². The highest BCUT2D eigenvalue weighted by Gasteiger charge is 2.07. The molecule has 0 aliphatic heterocycles. The molecule has 1 heterocycles. The van der Waals surface area contributed by atoms with Crippen molar-refractivity contribution in [2.45, 2.75) is 0 Å². The van der Waals surface area contributed by atoms with Crippen LogP contribution in [-0.2, 0) is 0 Å². The Kier molecular flexibility index (Phi) is 3.08. The summed E-state index contributed by atoms with van der Waals surface area (Å²) in [5, 5.41) is 18.7. The van der Waals surface area contributed by atoms with Crippen LogP contribution in [-0.4, -0.2) is 16.1 Å². The number of carbonyl (C=O) groups excluding carboxylic acids is 1. The number of hydrogen-bond donors (Lipinski definition) is 1. The minimum absolute atomic E-state index is 0.317. The molecule has 0 saturated carbocycles. The van der Waals surface area contributed by atoms with Crippen molar-refractivity contribution in [2.75, 3.05) is 5.32 Å². The van der Waals surface area contributed by atoms with Gasteiger partial charge in [0.2, 0.25) is 0 Å². The fraction of sp³-hybridized carbons (Fsp3) is 0. The molecule has 0 spiro atoms. The second-order valence-electron chi connectivity index (χ2n) is 3.26. The molecule has 17 heavy (non-hydrogen) atoms. The van der Waals surface area contributed by atoms with Gasteiger partial charge in [-0.05, 0) is 30.3 Å². The molecule has 1 N–H and O–H groups in total. The van der Waals surface area contributed by atoms with Crippen LogP contribution < -0.4 is 5.32 Å². The van der Waals surface area contributed by atoms with Crippen molar-refractivity contribution >= 4 is 11.7 Å². The molecule has 0 aliphatic carbocycles. The Labute approximate surface area is 97.7 Å². The molecule has 0 aliphatic rings. The third-order valence-electron chi connectivity index (χ3n) is 2.07. The van der Waals surface area contributed by atoms with Crippen molar-refractivity contribution in [3.8, 4) is 6.07 Å². The van der Waals surface area contributed by atoms with E-state index in [4.69, 9.17) is 5.26 Å². The lowest BCUT2D eigenvalue weighted by atomic mass is 10.1.